The molecule has 6 heteroatoms. The highest BCUT2D eigenvalue weighted by Gasteiger charge is 2.26. The number of fused-ring (bicyclic) bond motifs is 3. The maximum atomic E-state index is 6.08. The Morgan fingerprint density at radius 2 is 1.81 bits per heavy atom. The van der Waals surface area contributed by atoms with E-state index in [1.807, 2.05) is 24.3 Å². The maximum Gasteiger partial charge on any atom is 0.204 e. The number of hydrogen-bond donors (Lipinski definition) is 3. The summed E-state index contributed by atoms with van der Waals surface area (Å²) in [5.74, 6) is 1.28. The first-order valence-corrected chi connectivity index (χ1v) is 8.53. The lowest BCUT2D eigenvalue weighted by Gasteiger charge is -2.15. The highest BCUT2D eigenvalue weighted by Crippen LogP contribution is 2.35. The third kappa shape index (κ3) is 2.12. The minimum absolute atomic E-state index is 0.214. The van der Waals surface area contributed by atoms with Crippen LogP contribution in [-0.2, 0) is 0 Å². The van der Waals surface area contributed by atoms with Crippen molar-refractivity contribution in [1.29, 1.82) is 0 Å². The summed E-state index contributed by atoms with van der Waals surface area (Å²) in [6.07, 6.45) is 1.68. The molecule has 1 atom stereocenters. The van der Waals surface area contributed by atoms with Crippen LogP contribution < -0.4 is 16.8 Å². The van der Waals surface area contributed by atoms with Crippen LogP contribution in [0.3, 0.4) is 0 Å². The molecule has 0 radical (unpaired) electrons. The predicted octanol–water partition coefficient (Wildman–Crippen LogP) is 3.28. The minimum Gasteiger partial charge on any atom is -0.395 e. The van der Waals surface area contributed by atoms with E-state index in [-0.39, 0.29) is 6.04 Å². The molecule has 6 nitrogen and oxygen atoms in total. The lowest BCUT2D eigenvalue weighted by molar-refractivity contribution is 0.692. The Morgan fingerprint density at radius 1 is 1.00 bits per heavy atom. The second-order valence-corrected chi connectivity index (χ2v) is 6.47. The number of anilines is 3. The van der Waals surface area contributed by atoms with E-state index < -0.39 is 0 Å². The van der Waals surface area contributed by atoms with E-state index in [2.05, 4.69) is 50.2 Å². The number of imidazole rings is 1. The molecule has 0 saturated carbocycles. The zero-order valence-corrected chi connectivity index (χ0v) is 14.1. The number of nitrogen functional groups attached to an aromatic ring is 2. The molecular weight excluding hydrogens is 324 g/mol. The molecule has 0 bridgehead atoms. The number of nitrogens with zero attached hydrogens (tertiary/aromatic N) is 3. The number of aromatic nitrogens is 3. The van der Waals surface area contributed by atoms with Crippen LogP contribution in [0.25, 0.3) is 22.2 Å². The van der Waals surface area contributed by atoms with E-state index >= 15 is 0 Å². The zero-order chi connectivity index (χ0) is 17.7. The van der Waals surface area contributed by atoms with E-state index in [0.29, 0.717) is 11.5 Å². The fraction of sp³-hybridized carbons (Fsp3) is 0.100. The van der Waals surface area contributed by atoms with E-state index in [1.54, 1.807) is 6.20 Å². The molecule has 1 unspecified atom stereocenters. The molecule has 4 aromatic rings. The number of para-hydroxylation sites is 2. The van der Waals surface area contributed by atoms with Gasteiger partial charge in [0.2, 0.25) is 5.95 Å². The van der Waals surface area contributed by atoms with Crippen LogP contribution >= 0.6 is 0 Å². The van der Waals surface area contributed by atoms with Gasteiger partial charge in [-0.2, -0.15) is 0 Å². The van der Waals surface area contributed by atoms with Crippen LogP contribution in [0, 0.1) is 0 Å². The summed E-state index contributed by atoms with van der Waals surface area (Å²) in [5.41, 5.74) is 17.7. The fourth-order valence-corrected chi connectivity index (χ4v) is 3.66. The van der Waals surface area contributed by atoms with Gasteiger partial charge in [-0.1, -0.05) is 36.4 Å². The Labute approximate surface area is 150 Å². The molecule has 0 aliphatic carbocycles. The topological polar surface area (TPSA) is 94.8 Å². The van der Waals surface area contributed by atoms with E-state index in [1.165, 1.54) is 5.56 Å². The van der Waals surface area contributed by atoms with Crippen LogP contribution in [0.1, 0.15) is 11.6 Å². The Bertz CT molecular complexity index is 1110. The van der Waals surface area contributed by atoms with Crippen LogP contribution in [0.2, 0.25) is 0 Å². The SMILES string of the molecule is Nc1nccc(-c2ccc(C3CNc4nc5ccccc5n43)cc2)c1N. The highest BCUT2D eigenvalue weighted by atomic mass is 15.3. The molecule has 0 fully saturated rings. The second kappa shape index (κ2) is 5.49. The molecule has 128 valence electrons. The first kappa shape index (κ1) is 14.8. The number of pyridine rings is 1. The Hall–Kier alpha value is -3.54. The summed E-state index contributed by atoms with van der Waals surface area (Å²) in [6, 6.07) is 18.8. The van der Waals surface area contributed by atoms with Crippen molar-refractivity contribution >= 4 is 28.5 Å². The second-order valence-electron chi connectivity index (χ2n) is 6.47. The average Bonchev–Trinajstić information content (AvgIpc) is 3.23. The van der Waals surface area contributed by atoms with E-state index in [4.69, 9.17) is 11.5 Å². The number of rotatable bonds is 2. The van der Waals surface area contributed by atoms with Gasteiger partial charge in [0.05, 0.1) is 22.8 Å². The van der Waals surface area contributed by atoms with Gasteiger partial charge in [0.25, 0.3) is 0 Å². The average molecular weight is 342 g/mol. The molecule has 26 heavy (non-hydrogen) atoms. The van der Waals surface area contributed by atoms with Crippen LogP contribution in [-0.4, -0.2) is 21.1 Å². The normalized spacial score (nSPS) is 15.8. The number of nitrogens with one attached hydrogen (secondary N) is 1. The molecule has 3 heterocycles. The third-order valence-electron chi connectivity index (χ3n) is 4.99. The van der Waals surface area contributed by atoms with Crippen molar-refractivity contribution in [3.05, 3.63) is 66.4 Å². The Kier molecular flexibility index (Phi) is 3.12. The van der Waals surface area contributed by atoms with Gasteiger partial charge in [0, 0.05) is 18.3 Å². The van der Waals surface area contributed by atoms with Gasteiger partial charge in [-0.05, 0) is 29.3 Å². The van der Waals surface area contributed by atoms with Gasteiger partial charge >= 0.3 is 0 Å². The lowest BCUT2D eigenvalue weighted by atomic mass is 10.0. The molecule has 5 N–H and O–H groups in total. The Balaban J connectivity index is 1.55. The number of nitrogens with two attached hydrogens (primary N) is 2. The quantitative estimate of drug-likeness (QED) is 0.520. The highest BCUT2D eigenvalue weighted by molar-refractivity contribution is 5.82. The standard InChI is InChI=1S/C20H18N6/c21-18-14(9-10-23-19(18)22)12-5-7-13(8-6-12)17-11-24-20-25-15-3-1-2-4-16(15)26(17)20/h1-10,17H,11,21H2,(H2,22,23)(H,24,25). The van der Waals surface area contributed by atoms with Crippen molar-refractivity contribution in [2.75, 3.05) is 23.3 Å². The summed E-state index contributed by atoms with van der Waals surface area (Å²) in [6.45, 7) is 0.830. The van der Waals surface area contributed by atoms with Crippen LogP contribution in [0.4, 0.5) is 17.5 Å². The van der Waals surface area contributed by atoms with Gasteiger partial charge < -0.3 is 21.4 Å². The third-order valence-corrected chi connectivity index (χ3v) is 4.99. The zero-order valence-electron chi connectivity index (χ0n) is 14.1. The molecule has 0 amide bonds. The van der Waals surface area contributed by atoms with Crippen molar-refractivity contribution in [1.82, 2.24) is 14.5 Å². The summed E-state index contributed by atoms with van der Waals surface area (Å²) in [7, 11) is 0. The molecular formula is C20H18N6. The molecule has 0 spiro atoms. The van der Waals surface area contributed by atoms with Crippen molar-refractivity contribution in [2.24, 2.45) is 0 Å². The van der Waals surface area contributed by atoms with Crippen LogP contribution in [0.5, 0.6) is 0 Å². The fourth-order valence-electron chi connectivity index (χ4n) is 3.66. The molecule has 2 aromatic carbocycles. The van der Waals surface area contributed by atoms with E-state index in [0.717, 1.165) is 34.7 Å². The maximum absolute atomic E-state index is 6.08. The Morgan fingerprint density at radius 3 is 2.65 bits per heavy atom. The van der Waals surface area contributed by atoms with Gasteiger partial charge in [-0.15, -0.1) is 0 Å². The molecule has 2 aromatic heterocycles. The van der Waals surface area contributed by atoms with Crippen LogP contribution in [0.15, 0.2) is 60.8 Å². The van der Waals surface area contributed by atoms with Crippen molar-refractivity contribution in [3.8, 4) is 11.1 Å². The van der Waals surface area contributed by atoms with Gasteiger partial charge in [0.1, 0.15) is 5.82 Å². The summed E-state index contributed by atoms with van der Waals surface area (Å²) < 4.78 is 2.27. The molecule has 1 aliphatic rings. The first-order chi connectivity index (χ1) is 12.7. The predicted molar refractivity (Wildman–Crippen MR) is 105 cm³/mol. The van der Waals surface area contributed by atoms with Gasteiger partial charge in [-0.3, -0.25) is 0 Å². The molecule has 1 aliphatic heterocycles. The summed E-state index contributed by atoms with van der Waals surface area (Å²) >= 11 is 0. The van der Waals surface area contributed by atoms with E-state index in [9.17, 15) is 0 Å². The van der Waals surface area contributed by atoms with Gasteiger partial charge in [-0.25, -0.2) is 9.97 Å². The summed E-state index contributed by atoms with van der Waals surface area (Å²) in [4.78, 5) is 8.70. The van der Waals surface area contributed by atoms with Crippen molar-refractivity contribution in [3.63, 3.8) is 0 Å². The summed E-state index contributed by atoms with van der Waals surface area (Å²) in [5, 5.41) is 3.41. The minimum atomic E-state index is 0.214. The van der Waals surface area contributed by atoms with Crippen molar-refractivity contribution in [2.45, 2.75) is 6.04 Å². The molecule has 5 rings (SSSR count). The van der Waals surface area contributed by atoms with Crippen molar-refractivity contribution < 1.29 is 0 Å². The first-order valence-electron chi connectivity index (χ1n) is 8.53. The smallest absolute Gasteiger partial charge is 0.204 e. The number of benzene rings is 2. The molecule has 0 saturated heterocycles. The lowest BCUT2D eigenvalue weighted by Crippen LogP contribution is -2.09. The largest absolute Gasteiger partial charge is 0.395 e. The monoisotopic (exact) mass is 342 g/mol. The number of hydrogen-bond acceptors (Lipinski definition) is 5. The van der Waals surface area contributed by atoms with Gasteiger partial charge in [0.15, 0.2) is 0 Å².